The molecule has 2 heterocycles. The number of hydrogen-bond donors (Lipinski definition) is 0. The van der Waals surface area contributed by atoms with Crippen molar-refractivity contribution < 1.29 is 0 Å². The highest BCUT2D eigenvalue weighted by Crippen LogP contribution is 2.31. The topological polar surface area (TPSA) is 52.7 Å². The summed E-state index contributed by atoms with van der Waals surface area (Å²) in [6.07, 6.45) is 0. The molecule has 0 aliphatic carbocycles. The van der Waals surface area contributed by atoms with E-state index in [0.717, 1.165) is 61.4 Å². The summed E-state index contributed by atoms with van der Waals surface area (Å²) in [7, 11) is 1.83. The van der Waals surface area contributed by atoms with E-state index in [1.54, 1.807) is 9.13 Å². The first-order chi connectivity index (χ1) is 21.1. The lowest BCUT2D eigenvalue weighted by Gasteiger charge is -2.10. The second-order valence-electron chi connectivity index (χ2n) is 10.6. The maximum absolute atomic E-state index is 12.6. The molecule has 0 saturated heterocycles. The summed E-state index contributed by atoms with van der Waals surface area (Å²) in [6, 6.07) is 45.8. The number of hydrogen-bond acceptors (Lipinski definition) is 3. The summed E-state index contributed by atoms with van der Waals surface area (Å²) in [5.74, 6) is 0.709. The van der Waals surface area contributed by atoms with Gasteiger partial charge in [0.25, 0.3) is 0 Å². The van der Waals surface area contributed by atoms with Crippen LogP contribution in [0.25, 0.3) is 67.2 Å². The lowest BCUT2D eigenvalue weighted by atomic mass is 9.98. The molecular weight excluding hydrogens is 528 g/mol. The molecule has 0 aliphatic heterocycles. The Hall–Kier alpha value is -5.55. The van der Waals surface area contributed by atoms with Gasteiger partial charge in [-0.1, -0.05) is 115 Å². The van der Waals surface area contributed by atoms with Crippen LogP contribution in [0.2, 0.25) is 0 Å². The Bertz CT molecular complexity index is 2050. The lowest BCUT2D eigenvalue weighted by molar-refractivity contribution is 0.712. The Morgan fingerprint density at radius 3 is 1.53 bits per heavy atom. The van der Waals surface area contributed by atoms with E-state index in [2.05, 4.69) is 78.9 Å². The molecule has 208 valence electrons. The third-order valence-corrected chi connectivity index (χ3v) is 8.02. The molecule has 5 heteroatoms. The molecule has 7 rings (SSSR count). The molecule has 0 bridgehead atoms. The van der Waals surface area contributed by atoms with Crippen molar-refractivity contribution in [3.05, 3.63) is 144 Å². The smallest absolute Gasteiger partial charge is 0.295 e. The monoisotopic (exact) mass is 558 g/mol. The summed E-state index contributed by atoms with van der Waals surface area (Å²) in [5.41, 5.74) is 11.3. The fourth-order valence-corrected chi connectivity index (χ4v) is 5.65. The molecule has 43 heavy (non-hydrogen) atoms. The minimum atomic E-state index is 0.0167. The first-order valence-electron chi connectivity index (χ1n) is 14.5. The molecule has 5 aromatic carbocycles. The summed E-state index contributed by atoms with van der Waals surface area (Å²) >= 11 is 0. The average Bonchev–Trinajstić information content (AvgIpc) is 3.33. The van der Waals surface area contributed by atoms with E-state index in [1.165, 1.54) is 0 Å². The summed E-state index contributed by atoms with van der Waals surface area (Å²) < 4.78 is 3.53. The van der Waals surface area contributed by atoms with Crippen molar-refractivity contribution in [1.82, 2.24) is 19.1 Å². The molecule has 0 aliphatic rings. The van der Waals surface area contributed by atoms with Gasteiger partial charge in [0, 0.05) is 30.3 Å². The van der Waals surface area contributed by atoms with E-state index in [0.29, 0.717) is 12.4 Å². The van der Waals surface area contributed by atoms with Gasteiger partial charge in [-0.3, -0.25) is 9.13 Å². The first-order valence-corrected chi connectivity index (χ1v) is 14.5. The van der Waals surface area contributed by atoms with Gasteiger partial charge in [0.05, 0.1) is 22.4 Å². The van der Waals surface area contributed by atoms with Gasteiger partial charge < -0.3 is 0 Å². The molecule has 0 spiro atoms. The zero-order chi connectivity index (χ0) is 29.3. The molecular formula is C38H30N4O. The van der Waals surface area contributed by atoms with Crippen molar-refractivity contribution in [1.29, 1.82) is 0 Å². The van der Waals surface area contributed by atoms with Crippen LogP contribution in [-0.2, 0) is 13.6 Å². The molecule has 5 nitrogen and oxygen atoms in total. The number of fused-ring (bicyclic) bond motifs is 1. The highest BCUT2D eigenvalue weighted by Gasteiger charge is 2.12. The Labute approximate surface area is 250 Å². The molecule has 0 amide bonds. The van der Waals surface area contributed by atoms with Crippen molar-refractivity contribution in [2.45, 2.75) is 13.5 Å². The molecule has 0 atom stereocenters. The number of nitrogens with zero attached hydrogens (tertiary/aromatic N) is 4. The highest BCUT2D eigenvalue weighted by atomic mass is 16.1. The minimum Gasteiger partial charge on any atom is -0.295 e. The van der Waals surface area contributed by atoms with E-state index in [1.807, 2.05) is 68.6 Å². The van der Waals surface area contributed by atoms with Crippen LogP contribution < -0.4 is 5.69 Å². The third-order valence-electron chi connectivity index (χ3n) is 8.02. The predicted octanol–water partition coefficient (Wildman–Crippen LogP) is 8.48. The SMILES string of the molecule is CCn1c(=O)n(C)c2cc(-c3ccc(-c4ccc(-c5cc(-c6ccccc6)nc(-c6ccccc6)n5)cc4)cc3)ccc21. The average molecular weight is 559 g/mol. The van der Waals surface area contributed by atoms with Crippen molar-refractivity contribution in [2.75, 3.05) is 0 Å². The Morgan fingerprint density at radius 1 is 0.512 bits per heavy atom. The minimum absolute atomic E-state index is 0.0167. The Balaban J connectivity index is 1.19. The van der Waals surface area contributed by atoms with Gasteiger partial charge in [0.15, 0.2) is 5.82 Å². The molecule has 2 aromatic heterocycles. The number of imidazole rings is 1. The first kappa shape index (κ1) is 26.4. The molecule has 0 N–H and O–H groups in total. The standard InChI is InChI=1S/C38H30N4O/c1-3-42-35-23-22-32(24-36(35)41(2)38(42)43)28-16-14-26(15-17-28)27-18-20-30(21-19-27)34-25-33(29-10-6-4-7-11-29)39-37(40-34)31-12-8-5-9-13-31/h4-25H,3H2,1-2H3. The number of aryl methyl sites for hydroxylation is 2. The highest BCUT2D eigenvalue weighted by molar-refractivity contribution is 5.83. The fraction of sp³-hybridized carbons (Fsp3) is 0.0789. The van der Waals surface area contributed by atoms with Crippen LogP contribution in [-0.4, -0.2) is 19.1 Å². The van der Waals surface area contributed by atoms with Crippen LogP contribution in [0.5, 0.6) is 0 Å². The molecule has 0 radical (unpaired) electrons. The third kappa shape index (κ3) is 4.95. The molecule has 0 unspecified atom stereocenters. The Kier molecular flexibility index (Phi) is 6.76. The van der Waals surface area contributed by atoms with Crippen molar-refractivity contribution >= 4 is 11.0 Å². The normalized spacial score (nSPS) is 11.2. The van der Waals surface area contributed by atoms with E-state index in [4.69, 9.17) is 9.97 Å². The van der Waals surface area contributed by atoms with Crippen LogP contribution in [0.3, 0.4) is 0 Å². The molecule has 0 saturated carbocycles. The predicted molar refractivity (Wildman–Crippen MR) is 176 cm³/mol. The Morgan fingerprint density at radius 2 is 0.977 bits per heavy atom. The summed E-state index contributed by atoms with van der Waals surface area (Å²) in [5, 5.41) is 0. The largest absolute Gasteiger partial charge is 0.328 e. The number of aromatic nitrogens is 4. The second-order valence-corrected chi connectivity index (χ2v) is 10.6. The van der Waals surface area contributed by atoms with E-state index in [9.17, 15) is 4.79 Å². The van der Waals surface area contributed by atoms with Crippen molar-refractivity contribution in [2.24, 2.45) is 7.05 Å². The van der Waals surface area contributed by atoms with Crippen LogP contribution in [0, 0.1) is 0 Å². The maximum atomic E-state index is 12.6. The van der Waals surface area contributed by atoms with E-state index >= 15 is 0 Å². The van der Waals surface area contributed by atoms with Crippen LogP contribution in [0.15, 0.2) is 138 Å². The van der Waals surface area contributed by atoms with Crippen LogP contribution in [0.4, 0.5) is 0 Å². The number of benzene rings is 5. The van der Waals surface area contributed by atoms with Gasteiger partial charge in [-0.2, -0.15) is 0 Å². The van der Waals surface area contributed by atoms with Crippen molar-refractivity contribution in [3.63, 3.8) is 0 Å². The maximum Gasteiger partial charge on any atom is 0.328 e. The fourth-order valence-electron chi connectivity index (χ4n) is 5.65. The zero-order valence-corrected chi connectivity index (χ0v) is 24.1. The molecule has 0 fully saturated rings. The van der Waals surface area contributed by atoms with E-state index in [-0.39, 0.29) is 5.69 Å². The van der Waals surface area contributed by atoms with Gasteiger partial charge in [0.2, 0.25) is 0 Å². The van der Waals surface area contributed by atoms with Crippen LogP contribution in [0.1, 0.15) is 6.92 Å². The van der Waals surface area contributed by atoms with Crippen molar-refractivity contribution in [3.8, 4) is 56.2 Å². The molecule has 7 aromatic rings. The van der Waals surface area contributed by atoms with E-state index < -0.39 is 0 Å². The quantitative estimate of drug-likeness (QED) is 0.206. The lowest BCUT2D eigenvalue weighted by Crippen LogP contribution is -2.21. The van der Waals surface area contributed by atoms with Gasteiger partial charge in [0.1, 0.15) is 0 Å². The summed E-state index contributed by atoms with van der Waals surface area (Å²) in [4.78, 5) is 22.4. The van der Waals surface area contributed by atoms with Crippen LogP contribution >= 0.6 is 0 Å². The van der Waals surface area contributed by atoms with Gasteiger partial charge in [-0.15, -0.1) is 0 Å². The van der Waals surface area contributed by atoms with Gasteiger partial charge in [-0.05, 0) is 47.4 Å². The van der Waals surface area contributed by atoms with Gasteiger partial charge in [-0.25, -0.2) is 14.8 Å². The summed E-state index contributed by atoms with van der Waals surface area (Å²) in [6.45, 7) is 2.65. The number of rotatable bonds is 6. The second kappa shape index (κ2) is 11.0. The zero-order valence-electron chi connectivity index (χ0n) is 24.1. The van der Waals surface area contributed by atoms with Gasteiger partial charge >= 0.3 is 5.69 Å².